The average molecular weight is 714 g/mol. The van der Waals surface area contributed by atoms with E-state index < -0.39 is 0 Å². The third kappa shape index (κ3) is 6.48. The minimum absolute atomic E-state index is 0.0666. The highest BCUT2D eigenvalue weighted by Crippen LogP contribution is 2.41. The molecule has 4 aliphatic heterocycles. The number of methoxy groups -OCH3 is 1. The molecule has 0 bridgehead atoms. The van der Waals surface area contributed by atoms with Crippen LogP contribution in [-0.4, -0.2) is 66.5 Å². The Bertz CT molecular complexity index is 2150. The number of nitrogen functional groups attached to an aromatic ring is 1. The van der Waals surface area contributed by atoms with E-state index in [1.54, 1.807) is 40.4 Å². The molecule has 5 heterocycles. The maximum Gasteiger partial charge on any atom is 0.260 e. The molecule has 2 amide bonds. The summed E-state index contributed by atoms with van der Waals surface area (Å²) in [6, 6.07) is 18.8. The number of rotatable bonds is 11. The predicted molar refractivity (Wildman–Crippen MR) is 206 cm³/mol. The van der Waals surface area contributed by atoms with Gasteiger partial charge in [0.15, 0.2) is 11.5 Å². The molecule has 0 unspecified atom stereocenters. The second-order valence-electron chi connectivity index (χ2n) is 13.3. The van der Waals surface area contributed by atoms with Gasteiger partial charge in [0.25, 0.3) is 11.8 Å². The first-order valence-corrected chi connectivity index (χ1v) is 18.4. The lowest BCUT2D eigenvalue weighted by Gasteiger charge is -2.19. The zero-order chi connectivity index (χ0) is 35.8. The molecule has 0 saturated carbocycles. The molecule has 4 aliphatic rings. The van der Waals surface area contributed by atoms with Crippen molar-refractivity contribution in [3.8, 4) is 17.2 Å². The summed E-state index contributed by atoms with van der Waals surface area (Å²) in [6.07, 6.45) is 11.5. The molecule has 2 N–H and O–H groups in total. The molecule has 3 aromatic carbocycles. The fourth-order valence-electron chi connectivity index (χ4n) is 7.03. The van der Waals surface area contributed by atoms with Crippen LogP contribution in [-0.2, 0) is 0 Å². The fraction of sp³-hybridized carbons (Fsp3) is 0.268. The first-order valence-electron chi connectivity index (χ1n) is 17.5. The number of unbranched alkanes of at least 4 members (excludes halogenated alkanes) is 2. The molecule has 0 fully saturated rings. The number of fused-ring (bicyclic) bond motifs is 4. The molecule has 0 aliphatic carbocycles. The number of ether oxygens (including phenoxy) is 3. The Morgan fingerprint density at radius 3 is 2.04 bits per heavy atom. The number of carbonyl (C=O) groups excluding carboxylic acids is 2. The summed E-state index contributed by atoms with van der Waals surface area (Å²) in [5.41, 5.74) is 13.0. The van der Waals surface area contributed by atoms with Crippen LogP contribution < -0.4 is 19.9 Å². The molecule has 10 nitrogen and oxygen atoms in total. The number of nitrogens with two attached hydrogens (primary N) is 1. The van der Waals surface area contributed by atoms with Gasteiger partial charge in [0, 0.05) is 60.4 Å². The molecule has 0 spiro atoms. The summed E-state index contributed by atoms with van der Waals surface area (Å²) < 4.78 is 17.9. The molecular weight excluding hydrogens is 675 g/mol. The van der Waals surface area contributed by atoms with Crippen molar-refractivity contribution in [1.82, 2.24) is 9.80 Å². The maximum absolute atomic E-state index is 13.6. The quantitative estimate of drug-likeness (QED) is 0.124. The van der Waals surface area contributed by atoms with Crippen molar-refractivity contribution >= 4 is 63.8 Å². The monoisotopic (exact) mass is 713 g/mol. The summed E-state index contributed by atoms with van der Waals surface area (Å²) in [5.74, 6) is 1.63. The van der Waals surface area contributed by atoms with E-state index in [2.05, 4.69) is 6.07 Å². The molecule has 8 rings (SSSR count). The number of anilines is 1. The Hall–Kier alpha value is -5.68. The number of aliphatic imine (C=N–C) groups is 2. The number of carbonyl (C=O) groups is 2. The molecular formula is C41H39N5O5S. The Morgan fingerprint density at radius 1 is 0.769 bits per heavy atom. The Labute approximate surface area is 306 Å². The van der Waals surface area contributed by atoms with E-state index in [-0.39, 0.29) is 23.9 Å². The van der Waals surface area contributed by atoms with E-state index in [0.29, 0.717) is 59.3 Å². The van der Waals surface area contributed by atoms with Crippen LogP contribution in [0, 0.1) is 6.92 Å². The van der Waals surface area contributed by atoms with Gasteiger partial charge in [0.05, 0.1) is 54.9 Å². The van der Waals surface area contributed by atoms with Gasteiger partial charge in [-0.05, 0) is 84.2 Å². The van der Waals surface area contributed by atoms with E-state index in [0.717, 1.165) is 53.7 Å². The van der Waals surface area contributed by atoms with Crippen molar-refractivity contribution in [1.29, 1.82) is 0 Å². The largest absolute Gasteiger partial charge is 0.493 e. The molecule has 264 valence electrons. The SMILES string of the molecule is COc1cc2c(cc1OCCCCCOc1cc3c(cc1C)C(=O)N1C=C(c4ccc(N)cc4)C[C@H]1C=N3)N=C[C@@H]1CC(c3cccs3)=CN1C2=O. The van der Waals surface area contributed by atoms with Gasteiger partial charge in [-0.25, -0.2) is 0 Å². The minimum atomic E-state index is -0.138. The number of aryl methyl sites for hydroxylation is 1. The third-order valence-electron chi connectivity index (χ3n) is 9.86. The zero-order valence-electron chi connectivity index (χ0n) is 29.1. The highest BCUT2D eigenvalue weighted by molar-refractivity contribution is 7.11. The van der Waals surface area contributed by atoms with Crippen LogP contribution in [0.4, 0.5) is 17.1 Å². The van der Waals surface area contributed by atoms with E-state index in [1.165, 1.54) is 4.88 Å². The standard InChI is InChI=1S/C41H39N5O5S/c1-25-15-32-34(43-21-30-16-27(23-45(30)40(32)47)26-8-10-29(42)11-9-26)19-36(25)50-12-4-3-5-13-51-38-20-35-33(18-37(38)49-2)41(48)46-24-28(17-31(46)22-44-35)39-7-6-14-52-39/h6-11,14-15,18-24,30-31H,3-5,12-13,16-17,42H2,1-2H3/t30-,31-/m0/s1. The first kappa shape index (κ1) is 33.5. The number of benzene rings is 3. The van der Waals surface area contributed by atoms with Crippen molar-refractivity contribution in [2.45, 2.75) is 51.1 Å². The van der Waals surface area contributed by atoms with Gasteiger partial charge >= 0.3 is 0 Å². The van der Waals surface area contributed by atoms with Crippen LogP contribution >= 0.6 is 11.3 Å². The van der Waals surface area contributed by atoms with Gasteiger partial charge in [-0.2, -0.15) is 0 Å². The number of thiophene rings is 1. The van der Waals surface area contributed by atoms with Crippen LogP contribution in [0.2, 0.25) is 0 Å². The normalized spacial score (nSPS) is 18.6. The molecule has 0 saturated heterocycles. The van der Waals surface area contributed by atoms with Gasteiger partial charge in [-0.3, -0.25) is 19.6 Å². The van der Waals surface area contributed by atoms with Gasteiger partial charge in [0.2, 0.25) is 0 Å². The molecule has 52 heavy (non-hydrogen) atoms. The van der Waals surface area contributed by atoms with Crippen LogP contribution in [0.5, 0.6) is 17.2 Å². The Balaban J connectivity index is 0.840. The maximum atomic E-state index is 13.6. The summed E-state index contributed by atoms with van der Waals surface area (Å²) in [5, 5.41) is 2.04. The van der Waals surface area contributed by atoms with Crippen molar-refractivity contribution < 1.29 is 23.8 Å². The highest BCUT2D eigenvalue weighted by Gasteiger charge is 2.35. The van der Waals surface area contributed by atoms with Crippen molar-refractivity contribution in [3.63, 3.8) is 0 Å². The molecule has 1 aromatic heterocycles. The summed E-state index contributed by atoms with van der Waals surface area (Å²) in [7, 11) is 1.58. The van der Waals surface area contributed by atoms with Crippen LogP contribution in [0.25, 0.3) is 11.1 Å². The number of hydrogen-bond acceptors (Lipinski definition) is 9. The molecule has 4 aromatic rings. The lowest BCUT2D eigenvalue weighted by atomic mass is 10.0. The molecule has 2 atom stereocenters. The van der Waals surface area contributed by atoms with Gasteiger partial charge in [-0.15, -0.1) is 11.3 Å². The van der Waals surface area contributed by atoms with Gasteiger partial charge in [-0.1, -0.05) is 18.2 Å². The van der Waals surface area contributed by atoms with Crippen molar-refractivity contribution in [3.05, 3.63) is 106 Å². The Kier molecular flexibility index (Phi) is 9.11. The van der Waals surface area contributed by atoms with Crippen LogP contribution in [0.3, 0.4) is 0 Å². The van der Waals surface area contributed by atoms with Gasteiger partial charge in [0.1, 0.15) is 5.75 Å². The number of amides is 2. The zero-order valence-corrected chi connectivity index (χ0v) is 29.9. The lowest BCUT2D eigenvalue weighted by Crippen LogP contribution is -2.32. The van der Waals surface area contributed by atoms with Crippen LogP contribution in [0.15, 0.2) is 88.4 Å². The summed E-state index contributed by atoms with van der Waals surface area (Å²) in [6.45, 7) is 2.96. The summed E-state index contributed by atoms with van der Waals surface area (Å²) in [4.78, 5) is 41.3. The van der Waals surface area contributed by atoms with E-state index in [9.17, 15) is 9.59 Å². The summed E-state index contributed by atoms with van der Waals surface area (Å²) >= 11 is 1.67. The molecule has 0 radical (unpaired) electrons. The third-order valence-corrected chi connectivity index (χ3v) is 10.8. The van der Waals surface area contributed by atoms with Crippen LogP contribution in [0.1, 0.15) is 68.8 Å². The topological polar surface area (TPSA) is 119 Å². The minimum Gasteiger partial charge on any atom is -0.493 e. The second kappa shape index (κ2) is 14.1. The van der Waals surface area contributed by atoms with E-state index >= 15 is 0 Å². The highest BCUT2D eigenvalue weighted by atomic mass is 32.1. The van der Waals surface area contributed by atoms with E-state index in [1.807, 2.05) is 79.6 Å². The predicted octanol–water partition coefficient (Wildman–Crippen LogP) is 8.22. The smallest absolute Gasteiger partial charge is 0.260 e. The average Bonchev–Trinajstić information content (AvgIpc) is 3.91. The van der Waals surface area contributed by atoms with Crippen molar-refractivity contribution in [2.75, 3.05) is 26.1 Å². The van der Waals surface area contributed by atoms with E-state index in [4.69, 9.17) is 29.9 Å². The number of hydrogen-bond donors (Lipinski definition) is 1. The lowest BCUT2D eigenvalue weighted by molar-refractivity contribution is 0.0809. The fourth-order valence-corrected chi connectivity index (χ4v) is 7.78. The van der Waals surface area contributed by atoms with Crippen molar-refractivity contribution in [2.24, 2.45) is 9.98 Å². The Morgan fingerprint density at radius 2 is 1.38 bits per heavy atom. The first-order chi connectivity index (χ1) is 25.4. The molecule has 11 heteroatoms. The number of nitrogens with zero attached hydrogens (tertiary/aromatic N) is 4. The van der Waals surface area contributed by atoms with Gasteiger partial charge < -0.3 is 29.7 Å². The second-order valence-corrected chi connectivity index (χ2v) is 14.3.